The van der Waals surface area contributed by atoms with Crippen LogP contribution in [-0.4, -0.2) is 25.1 Å². The van der Waals surface area contributed by atoms with E-state index in [1.54, 1.807) is 30.5 Å². The van der Waals surface area contributed by atoms with Crippen molar-refractivity contribution in [3.05, 3.63) is 77.0 Å². The van der Waals surface area contributed by atoms with Gasteiger partial charge in [-0.2, -0.15) is 0 Å². The maximum absolute atomic E-state index is 12.6. The van der Waals surface area contributed by atoms with E-state index in [4.69, 9.17) is 14.2 Å². The molecule has 6 nitrogen and oxygen atoms in total. The SMILES string of the molecule is COc1cccc(C(=O)NCc2ccc(Oc3cc(C)ccc3C)nc2)c1OC. The average molecular weight is 392 g/mol. The molecule has 6 heteroatoms. The Morgan fingerprint density at radius 1 is 1.00 bits per heavy atom. The molecule has 0 aliphatic rings. The van der Waals surface area contributed by atoms with Gasteiger partial charge in [-0.05, 0) is 48.7 Å². The van der Waals surface area contributed by atoms with Crippen LogP contribution in [0.1, 0.15) is 27.0 Å². The molecule has 1 heterocycles. The number of pyridine rings is 1. The zero-order chi connectivity index (χ0) is 20.8. The number of benzene rings is 2. The molecule has 1 aromatic heterocycles. The third-order valence-electron chi connectivity index (χ3n) is 4.46. The van der Waals surface area contributed by atoms with Gasteiger partial charge < -0.3 is 19.5 Å². The van der Waals surface area contributed by atoms with Crippen molar-refractivity contribution in [1.29, 1.82) is 0 Å². The Balaban J connectivity index is 1.65. The molecule has 0 bridgehead atoms. The molecule has 1 amide bonds. The Kier molecular flexibility index (Phi) is 6.34. The van der Waals surface area contributed by atoms with Crippen LogP contribution in [0, 0.1) is 13.8 Å². The Bertz CT molecular complexity index is 1000. The van der Waals surface area contributed by atoms with Gasteiger partial charge in [0.15, 0.2) is 11.5 Å². The van der Waals surface area contributed by atoms with E-state index >= 15 is 0 Å². The molecule has 0 aliphatic heterocycles. The van der Waals surface area contributed by atoms with E-state index in [0.717, 1.165) is 22.4 Å². The minimum absolute atomic E-state index is 0.253. The second-order valence-corrected chi connectivity index (χ2v) is 6.60. The van der Waals surface area contributed by atoms with E-state index in [2.05, 4.69) is 10.3 Å². The summed E-state index contributed by atoms with van der Waals surface area (Å²) in [6, 6.07) is 14.9. The van der Waals surface area contributed by atoms with Crippen molar-refractivity contribution in [2.75, 3.05) is 14.2 Å². The summed E-state index contributed by atoms with van der Waals surface area (Å²) < 4.78 is 16.4. The summed E-state index contributed by atoms with van der Waals surface area (Å²) in [5.74, 6) is 1.95. The lowest BCUT2D eigenvalue weighted by molar-refractivity contribution is 0.0947. The van der Waals surface area contributed by atoms with Gasteiger partial charge in [0.2, 0.25) is 5.88 Å². The van der Waals surface area contributed by atoms with Crippen molar-refractivity contribution in [2.45, 2.75) is 20.4 Å². The number of aromatic nitrogens is 1. The number of rotatable bonds is 7. The number of nitrogens with one attached hydrogen (secondary N) is 1. The standard InChI is InChI=1S/C23H24N2O4/c1-15-8-9-16(2)20(12-15)29-21-11-10-17(13-24-21)14-25-23(26)18-6-5-7-19(27-3)22(18)28-4/h5-13H,14H2,1-4H3,(H,25,26). The predicted molar refractivity (Wildman–Crippen MR) is 111 cm³/mol. The summed E-state index contributed by atoms with van der Waals surface area (Å²) in [5.41, 5.74) is 3.43. The van der Waals surface area contributed by atoms with Crippen LogP contribution in [-0.2, 0) is 6.54 Å². The van der Waals surface area contributed by atoms with Crippen LogP contribution in [0.15, 0.2) is 54.7 Å². The first-order valence-electron chi connectivity index (χ1n) is 9.21. The average Bonchev–Trinajstić information content (AvgIpc) is 2.74. The number of ether oxygens (including phenoxy) is 3. The molecule has 1 N–H and O–H groups in total. The van der Waals surface area contributed by atoms with Crippen LogP contribution in [0.3, 0.4) is 0 Å². The second kappa shape index (κ2) is 9.10. The molecule has 0 fully saturated rings. The van der Waals surface area contributed by atoms with Crippen molar-refractivity contribution < 1.29 is 19.0 Å². The highest BCUT2D eigenvalue weighted by atomic mass is 16.5. The molecule has 0 spiro atoms. The molecule has 0 aliphatic carbocycles. The third-order valence-corrected chi connectivity index (χ3v) is 4.46. The molecule has 0 saturated heterocycles. The highest BCUT2D eigenvalue weighted by Crippen LogP contribution is 2.30. The first-order chi connectivity index (χ1) is 14.0. The largest absolute Gasteiger partial charge is 0.493 e. The van der Waals surface area contributed by atoms with Gasteiger partial charge in [-0.15, -0.1) is 0 Å². The number of carbonyl (C=O) groups excluding carboxylic acids is 1. The number of carbonyl (C=O) groups is 1. The van der Waals surface area contributed by atoms with Gasteiger partial charge in [0.1, 0.15) is 5.75 Å². The molecule has 150 valence electrons. The molecule has 29 heavy (non-hydrogen) atoms. The van der Waals surface area contributed by atoms with Crippen LogP contribution in [0.4, 0.5) is 0 Å². The fourth-order valence-corrected chi connectivity index (χ4v) is 2.85. The minimum atomic E-state index is -0.253. The van der Waals surface area contributed by atoms with Gasteiger partial charge in [0.05, 0.1) is 19.8 Å². The Labute approximate surface area is 170 Å². The van der Waals surface area contributed by atoms with Gasteiger partial charge >= 0.3 is 0 Å². The molecule has 2 aromatic carbocycles. The number of para-hydroxylation sites is 1. The fourth-order valence-electron chi connectivity index (χ4n) is 2.85. The van der Waals surface area contributed by atoms with Crippen molar-refractivity contribution in [2.24, 2.45) is 0 Å². The molecule has 0 atom stereocenters. The molecular weight excluding hydrogens is 368 g/mol. The molecule has 3 rings (SSSR count). The molecule has 0 radical (unpaired) electrons. The van der Waals surface area contributed by atoms with Crippen molar-refractivity contribution in [3.8, 4) is 23.1 Å². The zero-order valence-electron chi connectivity index (χ0n) is 17.0. The monoisotopic (exact) mass is 392 g/mol. The number of hydrogen-bond acceptors (Lipinski definition) is 5. The van der Waals surface area contributed by atoms with Gasteiger partial charge in [0, 0.05) is 18.8 Å². The highest BCUT2D eigenvalue weighted by Gasteiger charge is 2.16. The predicted octanol–water partition coefficient (Wildman–Crippen LogP) is 4.44. The number of nitrogens with zero attached hydrogens (tertiary/aromatic N) is 1. The Hall–Kier alpha value is -3.54. The summed E-state index contributed by atoms with van der Waals surface area (Å²) in [6.45, 7) is 4.34. The van der Waals surface area contributed by atoms with Gasteiger partial charge in [-0.25, -0.2) is 4.98 Å². The van der Waals surface area contributed by atoms with Crippen molar-refractivity contribution in [3.63, 3.8) is 0 Å². The van der Waals surface area contributed by atoms with E-state index < -0.39 is 0 Å². The zero-order valence-corrected chi connectivity index (χ0v) is 17.0. The summed E-state index contributed by atoms with van der Waals surface area (Å²) >= 11 is 0. The van der Waals surface area contributed by atoms with Crippen LogP contribution in [0.5, 0.6) is 23.1 Å². The minimum Gasteiger partial charge on any atom is -0.493 e. The first kappa shape index (κ1) is 20.2. The normalized spacial score (nSPS) is 10.3. The van der Waals surface area contributed by atoms with E-state index in [1.807, 2.05) is 38.1 Å². The van der Waals surface area contributed by atoms with Gasteiger partial charge in [-0.3, -0.25) is 4.79 Å². The lowest BCUT2D eigenvalue weighted by Gasteiger charge is -2.13. The van der Waals surface area contributed by atoms with Gasteiger partial charge in [0.25, 0.3) is 5.91 Å². The molecule has 0 saturated carbocycles. The van der Waals surface area contributed by atoms with E-state index in [9.17, 15) is 4.79 Å². The Morgan fingerprint density at radius 3 is 2.52 bits per heavy atom. The molecule has 3 aromatic rings. The lowest BCUT2D eigenvalue weighted by atomic mass is 10.1. The van der Waals surface area contributed by atoms with Crippen LogP contribution < -0.4 is 19.5 Å². The van der Waals surface area contributed by atoms with Crippen LogP contribution in [0.25, 0.3) is 0 Å². The quantitative estimate of drug-likeness (QED) is 0.644. The smallest absolute Gasteiger partial charge is 0.255 e. The van der Waals surface area contributed by atoms with E-state index in [1.165, 1.54) is 14.2 Å². The molecule has 0 unspecified atom stereocenters. The highest BCUT2D eigenvalue weighted by molar-refractivity contribution is 5.97. The first-order valence-corrected chi connectivity index (χ1v) is 9.21. The summed E-state index contributed by atoms with van der Waals surface area (Å²) in [5, 5.41) is 2.87. The summed E-state index contributed by atoms with van der Waals surface area (Å²) in [7, 11) is 3.04. The third kappa shape index (κ3) is 4.85. The fraction of sp³-hybridized carbons (Fsp3) is 0.217. The number of aryl methyl sites for hydroxylation is 2. The van der Waals surface area contributed by atoms with Gasteiger partial charge in [-0.1, -0.05) is 24.3 Å². The number of methoxy groups -OCH3 is 2. The topological polar surface area (TPSA) is 69.7 Å². The van der Waals surface area contributed by atoms with E-state index in [0.29, 0.717) is 29.5 Å². The maximum Gasteiger partial charge on any atom is 0.255 e. The summed E-state index contributed by atoms with van der Waals surface area (Å²) in [6.07, 6.45) is 1.68. The van der Waals surface area contributed by atoms with Crippen molar-refractivity contribution in [1.82, 2.24) is 10.3 Å². The second-order valence-electron chi connectivity index (χ2n) is 6.60. The molecular formula is C23H24N2O4. The van der Waals surface area contributed by atoms with E-state index in [-0.39, 0.29) is 5.91 Å². The number of hydrogen-bond donors (Lipinski definition) is 1. The number of amides is 1. The summed E-state index contributed by atoms with van der Waals surface area (Å²) in [4.78, 5) is 16.9. The van der Waals surface area contributed by atoms with Crippen molar-refractivity contribution >= 4 is 5.91 Å². The maximum atomic E-state index is 12.6. The lowest BCUT2D eigenvalue weighted by Crippen LogP contribution is -2.23. The van der Waals surface area contributed by atoms with Crippen LogP contribution in [0.2, 0.25) is 0 Å². The van der Waals surface area contributed by atoms with Crippen LogP contribution >= 0.6 is 0 Å². The Morgan fingerprint density at radius 2 is 1.83 bits per heavy atom.